The molecule has 2 heterocycles. The molecule has 4 rings (SSSR count). The predicted octanol–water partition coefficient (Wildman–Crippen LogP) is 3.38. The standard InChI is InChI=1S/C20H21N3O/c1-15-21-18-14-16(20(24)22-12-6-3-7-13-22)10-11-19(18)23(15)17-8-4-2-5-9-17/h2,4-5,8-11,14H,3,6-7,12-13H2,1H3/p+1. The van der Waals surface area contributed by atoms with Gasteiger partial charge < -0.3 is 4.90 Å². The number of likely N-dealkylation sites (tertiary alicyclic amines) is 1. The Morgan fingerprint density at radius 3 is 2.54 bits per heavy atom. The van der Waals surface area contributed by atoms with Gasteiger partial charge in [0.2, 0.25) is 0 Å². The molecule has 1 aromatic heterocycles. The van der Waals surface area contributed by atoms with E-state index in [1.54, 1.807) is 0 Å². The number of H-pyrrole nitrogens is 1. The number of rotatable bonds is 2. The number of imidazole rings is 1. The van der Waals surface area contributed by atoms with Gasteiger partial charge in [-0.2, -0.15) is 4.57 Å². The summed E-state index contributed by atoms with van der Waals surface area (Å²) in [4.78, 5) is 18.1. The van der Waals surface area contributed by atoms with Crippen molar-refractivity contribution < 1.29 is 9.36 Å². The summed E-state index contributed by atoms with van der Waals surface area (Å²) in [6.07, 6.45) is 3.46. The number of piperidine rings is 1. The highest BCUT2D eigenvalue weighted by molar-refractivity contribution is 5.97. The van der Waals surface area contributed by atoms with Crippen molar-refractivity contribution in [2.45, 2.75) is 26.2 Å². The van der Waals surface area contributed by atoms with Crippen LogP contribution in [0.1, 0.15) is 35.4 Å². The molecule has 1 fully saturated rings. The lowest BCUT2D eigenvalue weighted by Gasteiger charge is -2.26. The zero-order valence-corrected chi connectivity index (χ0v) is 14.0. The topological polar surface area (TPSA) is 40.0 Å². The van der Waals surface area contributed by atoms with Crippen molar-refractivity contribution in [3.05, 3.63) is 59.9 Å². The third-order valence-electron chi connectivity index (χ3n) is 4.79. The predicted molar refractivity (Wildman–Crippen MR) is 94.3 cm³/mol. The monoisotopic (exact) mass is 320 g/mol. The summed E-state index contributed by atoms with van der Waals surface area (Å²) in [7, 11) is 0. The second-order valence-electron chi connectivity index (χ2n) is 6.47. The third kappa shape index (κ3) is 2.58. The molecule has 4 heteroatoms. The van der Waals surface area contributed by atoms with E-state index in [2.05, 4.69) is 28.6 Å². The SMILES string of the molecule is Cc1[nH]c2cc(C(=O)N3CCCCC3)ccc2[n+]1-c1ccccc1. The van der Waals surface area contributed by atoms with Crippen LogP contribution in [-0.2, 0) is 0 Å². The second-order valence-corrected chi connectivity index (χ2v) is 6.47. The highest BCUT2D eigenvalue weighted by Crippen LogP contribution is 2.18. The summed E-state index contributed by atoms with van der Waals surface area (Å²) in [5, 5.41) is 0. The van der Waals surface area contributed by atoms with Crippen LogP contribution in [0.4, 0.5) is 0 Å². The fourth-order valence-electron chi connectivity index (χ4n) is 3.59. The lowest BCUT2D eigenvalue weighted by atomic mass is 10.1. The summed E-state index contributed by atoms with van der Waals surface area (Å²) in [6.45, 7) is 3.81. The lowest BCUT2D eigenvalue weighted by Crippen LogP contribution is -2.35. The zero-order valence-electron chi connectivity index (χ0n) is 14.0. The Hall–Kier alpha value is -2.62. The van der Waals surface area contributed by atoms with E-state index in [-0.39, 0.29) is 5.91 Å². The number of nitrogens with zero attached hydrogens (tertiary/aromatic N) is 2. The van der Waals surface area contributed by atoms with Gasteiger partial charge in [0.05, 0.1) is 0 Å². The number of aromatic nitrogens is 2. The first-order valence-corrected chi connectivity index (χ1v) is 8.63. The molecular formula is C20H22N3O+. The maximum Gasteiger partial charge on any atom is 0.257 e. The van der Waals surface area contributed by atoms with Crippen molar-refractivity contribution in [2.24, 2.45) is 0 Å². The minimum atomic E-state index is 0.148. The molecule has 1 amide bonds. The molecule has 0 spiro atoms. The van der Waals surface area contributed by atoms with Gasteiger partial charge in [-0.3, -0.25) is 4.79 Å². The summed E-state index contributed by atoms with van der Waals surface area (Å²) in [5.74, 6) is 1.20. The van der Waals surface area contributed by atoms with Gasteiger partial charge in [-0.05, 0) is 43.5 Å². The zero-order chi connectivity index (χ0) is 16.5. The molecule has 2 aromatic carbocycles. The van der Waals surface area contributed by atoms with E-state index in [4.69, 9.17) is 0 Å². The first-order valence-electron chi connectivity index (χ1n) is 8.63. The molecule has 0 atom stereocenters. The molecule has 0 saturated carbocycles. The number of carbonyl (C=O) groups is 1. The highest BCUT2D eigenvalue weighted by atomic mass is 16.2. The van der Waals surface area contributed by atoms with Crippen LogP contribution in [0.5, 0.6) is 0 Å². The van der Waals surface area contributed by atoms with E-state index >= 15 is 0 Å². The molecule has 0 unspecified atom stereocenters. The summed E-state index contributed by atoms with van der Waals surface area (Å²) in [5.41, 5.74) is 3.98. The van der Waals surface area contributed by atoms with E-state index in [9.17, 15) is 4.79 Å². The maximum atomic E-state index is 12.7. The van der Waals surface area contributed by atoms with Crippen molar-refractivity contribution in [2.75, 3.05) is 13.1 Å². The fourth-order valence-corrected chi connectivity index (χ4v) is 3.59. The van der Waals surface area contributed by atoms with Gasteiger partial charge in [-0.25, -0.2) is 4.98 Å². The molecule has 0 aliphatic carbocycles. The number of amides is 1. The number of aryl methyl sites for hydroxylation is 1. The maximum absolute atomic E-state index is 12.7. The number of nitrogens with one attached hydrogen (secondary N) is 1. The minimum Gasteiger partial charge on any atom is -0.339 e. The number of hydrogen-bond donors (Lipinski definition) is 1. The highest BCUT2D eigenvalue weighted by Gasteiger charge is 2.22. The molecule has 24 heavy (non-hydrogen) atoms. The summed E-state index contributed by atoms with van der Waals surface area (Å²) in [6, 6.07) is 16.3. The smallest absolute Gasteiger partial charge is 0.257 e. The van der Waals surface area contributed by atoms with Gasteiger partial charge in [0.15, 0.2) is 11.0 Å². The molecule has 0 bridgehead atoms. The van der Waals surface area contributed by atoms with Crippen LogP contribution in [0, 0.1) is 6.92 Å². The van der Waals surface area contributed by atoms with Crippen molar-refractivity contribution in [1.82, 2.24) is 9.88 Å². The molecule has 1 N–H and O–H groups in total. The molecule has 122 valence electrons. The van der Waals surface area contributed by atoms with Crippen molar-refractivity contribution in [1.29, 1.82) is 0 Å². The molecule has 0 radical (unpaired) electrons. The molecule has 4 nitrogen and oxygen atoms in total. The minimum absolute atomic E-state index is 0.148. The van der Waals surface area contributed by atoms with Gasteiger partial charge >= 0.3 is 0 Å². The van der Waals surface area contributed by atoms with E-state index in [1.165, 1.54) is 6.42 Å². The van der Waals surface area contributed by atoms with Gasteiger partial charge in [0.25, 0.3) is 11.7 Å². The molecular weight excluding hydrogens is 298 g/mol. The van der Waals surface area contributed by atoms with Crippen molar-refractivity contribution >= 4 is 16.9 Å². The summed E-state index contributed by atoms with van der Waals surface area (Å²) < 4.78 is 2.19. The Bertz CT molecular complexity index is 877. The number of benzene rings is 2. The average Bonchev–Trinajstić information content (AvgIpc) is 2.97. The summed E-state index contributed by atoms with van der Waals surface area (Å²) >= 11 is 0. The van der Waals surface area contributed by atoms with Crippen LogP contribution in [0.2, 0.25) is 0 Å². The van der Waals surface area contributed by atoms with E-state index in [1.807, 2.05) is 41.3 Å². The molecule has 1 aliphatic rings. The van der Waals surface area contributed by atoms with Crippen LogP contribution in [-0.4, -0.2) is 28.9 Å². The lowest BCUT2D eigenvalue weighted by molar-refractivity contribution is -0.574. The van der Waals surface area contributed by atoms with Gasteiger partial charge in [-0.1, -0.05) is 18.2 Å². The van der Waals surface area contributed by atoms with Crippen LogP contribution < -0.4 is 4.57 Å². The third-order valence-corrected chi connectivity index (χ3v) is 4.79. The van der Waals surface area contributed by atoms with E-state index in [0.717, 1.165) is 54.0 Å². The largest absolute Gasteiger partial charge is 0.339 e. The Kier molecular flexibility index (Phi) is 3.81. The van der Waals surface area contributed by atoms with Gasteiger partial charge in [0.1, 0.15) is 5.69 Å². The Labute approximate surface area is 141 Å². The molecule has 1 aliphatic heterocycles. The average molecular weight is 320 g/mol. The number of hydrogen-bond acceptors (Lipinski definition) is 1. The Morgan fingerprint density at radius 1 is 1.04 bits per heavy atom. The second kappa shape index (κ2) is 6.11. The quantitative estimate of drug-likeness (QED) is 0.723. The van der Waals surface area contributed by atoms with Crippen LogP contribution >= 0.6 is 0 Å². The Balaban J connectivity index is 1.73. The molecule has 3 aromatic rings. The first kappa shape index (κ1) is 14.9. The van der Waals surface area contributed by atoms with Gasteiger partial charge in [0, 0.05) is 31.6 Å². The van der Waals surface area contributed by atoms with Crippen molar-refractivity contribution in [3.8, 4) is 5.69 Å². The van der Waals surface area contributed by atoms with E-state index < -0.39 is 0 Å². The fraction of sp³-hybridized carbons (Fsp3) is 0.300. The van der Waals surface area contributed by atoms with Crippen LogP contribution in [0.25, 0.3) is 16.7 Å². The van der Waals surface area contributed by atoms with Crippen LogP contribution in [0.3, 0.4) is 0 Å². The van der Waals surface area contributed by atoms with Gasteiger partial charge in [-0.15, -0.1) is 0 Å². The van der Waals surface area contributed by atoms with E-state index in [0.29, 0.717) is 0 Å². The van der Waals surface area contributed by atoms with Crippen LogP contribution in [0.15, 0.2) is 48.5 Å². The molecule has 1 saturated heterocycles. The first-order chi connectivity index (χ1) is 11.7. The number of fused-ring (bicyclic) bond motifs is 1. The number of carbonyl (C=O) groups excluding carboxylic acids is 1. The number of aromatic amines is 1. The number of para-hydroxylation sites is 1. The van der Waals surface area contributed by atoms with Crippen molar-refractivity contribution in [3.63, 3.8) is 0 Å². The normalized spacial score (nSPS) is 15.0. The Morgan fingerprint density at radius 2 is 1.79 bits per heavy atom.